The maximum Gasteiger partial charge on any atom is 0.0719 e. The van der Waals surface area contributed by atoms with Gasteiger partial charge in [0.15, 0.2) is 0 Å². The summed E-state index contributed by atoms with van der Waals surface area (Å²) in [5.41, 5.74) is 0.0738. The molecule has 1 aliphatic rings. The van der Waals surface area contributed by atoms with Gasteiger partial charge in [-0.15, -0.1) is 0 Å². The van der Waals surface area contributed by atoms with Gasteiger partial charge in [0.1, 0.15) is 0 Å². The van der Waals surface area contributed by atoms with Crippen LogP contribution in [-0.2, 0) is 4.74 Å². The van der Waals surface area contributed by atoms with Crippen molar-refractivity contribution < 1.29 is 4.74 Å². The van der Waals surface area contributed by atoms with E-state index in [4.69, 9.17) is 4.74 Å². The minimum absolute atomic E-state index is 0.0738. The van der Waals surface area contributed by atoms with Gasteiger partial charge in [-0.2, -0.15) is 0 Å². The van der Waals surface area contributed by atoms with Crippen LogP contribution < -0.4 is 0 Å². The lowest BCUT2D eigenvalue weighted by Gasteiger charge is -2.30. The fraction of sp³-hybridized carbons (Fsp3) is 1.00. The SMILES string of the molecule is CC(C)(CI)OC1CCCCCCC1. The Kier molecular flexibility index (Phi) is 5.75. The number of hydrogen-bond acceptors (Lipinski definition) is 1. The summed E-state index contributed by atoms with van der Waals surface area (Å²) in [6.07, 6.45) is 10.1. The second-order valence-corrected chi connectivity index (χ2v) is 5.74. The molecule has 0 aromatic carbocycles. The zero-order valence-corrected chi connectivity index (χ0v) is 11.7. The molecule has 1 rings (SSSR count). The summed E-state index contributed by atoms with van der Waals surface area (Å²) in [6.45, 7) is 4.41. The lowest BCUT2D eigenvalue weighted by molar-refractivity contribution is -0.0644. The fourth-order valence-corrected chi connectivity index (χ4v) is 2.20. The van der Waals surface area contributed by atoms with Crippen LogP contribution in [0.3, 0.4) is 0 Å². The van der Waals surface area contributed by atoms with Crippen molar-refractivity contribution in [3.63, 3.8) is 0 Å². The van der Waals surface area contributed by atoms with E-state index in [0.717, 1.165) is 4.43 Å². The number of hydrogen-bond donors (Lipinski definition) is 0. The van der Waals surface area contributed by atoms with E-state index >= 15 is 0 Å². The van der Waals surface area contributed by atoms with Crippen molar-refractivity contribution in [3.8, 4) is 0 Å². The molecule has 1 aliphatic carbocycles. The van der Waals surface area contributed by atoms with Gasteiger partial charge in [0, 0.05) is 4.43 Å². The van der Waals surface area contributed by atoms with Crippen LogP contribution in [0.4, 0.5) is 0 Å². The Bertz CT molecular complexity index is 148. The molecule has 2 heteroatoms. The van der Waals surface area contributed by atoms with Crippen molar-refractivity contribution in [1.29, 1.82) is 0 Å². The van der Waals surface area contributed by atoms with Crippen molar-refractivity contribution in [2.24, 2.45) is 0 Å². The molecule has 0 aliphatic heterocycles. The molecule has 0 saturated heterocycles. The van der Waals surface area contributed by atoms with E-state index < -0.39 is 0 Å². The Balaban J connectivity index is 2.33. The van der Waals surface area contributed by atoms with Crippen molar-refractivity contribution in [2.45, 2.75) is 70.5 Å². The van der Waals surface area contributed by atoms with Gasteiger partial charge in [-0.05, 0) is 26.7 Å². The van der Waals surface area contributed by atoms with Gasteiger partial charge in [-0.1, -0.05) is 54.7 Å². The molecule has 0 aromatic heterocycles. The summed E-state index contributed by atoms with van der Waals surface area (Å²) in [7, 11) is 0. The summed E-state index contributed by atoms with van der Waals surface area (Å²) < 4.78 is 7.24. The van der Waals surface area contributed by atoms with Gasteiger partial charge in [0.25, 0.3) is 0 Å². The molecule has 0 radical (unpaired) electrons. The normalized spacial score (nSPS) is 21.6. The van der Waals surface area contributed by atoms with Crippen molar-refractivity contribution in [1.82, 2.24) is 0 Å². The second kappa shape index (κ2) is 6.31. The first-order valence-corrected chi connectivity index (χ1v) is 7.40. The molecule has 1 fully saturated rings. The summed E-state index contributed by atoms with van der Waals surface area (Å²) in [5.74, 6) is 0. The van der Waals surface area contributed by atoms with Gasteiger partial charge in [0.05, 0.1) is 11.7 Å². The molecule has 0 bridgehead atoms. The lowest BCUT2D eigenvalue weighted by atomic mass is 9.98. The fourth-order valence-electron chi connectivity index (χ4n) is 2.02. The van der Waals surface area contributed by atoms with E-state index in [0.29, 0.717) is 6.10 Å². The zero-order valence-electron chi connectivity index (χ0n) is 9.52. The van der Waals surface area contributed by atoms with Gasteiger partial charge in [-0.3, -0.25) is 0 Å². The minimum atomic E-state index is 0.0738. The van der Waals surface area contributed by atoms with E-state index in [9.17, 15) is 0 Å². The van der Waals surface area contributed by atoms with Gasteiger partial charge in [-0.25, -0.2) is 0 Å². The van der Waals surface area contributed by atoms with Crippen LogP contribution in [0.15, 0.2) is 0 Å². The van der Waals surface area contributed by atoms with Crippen LogP contribution >= 0.6 is 22.6 Å². The quantitative estimate of drug-likeness (QED) is 0.557. The van der Waals surface area contributed by atoms with E-state index in [1.54, 1.807) is 0 Å². The number of alkyl halides is 1. The average molecular weight is 310 g/mol. The lowest BCUT2D eigenvalue weighted by Crippen LogP contribution is -2.32. The molecule has 0 amide bonds. The van der Waals surface area contributed by atoms with Crippen molar-refractivity contribution in [2.75, 3.05) is 4.43 Å². The Labute approximate surface area is 102 Å². The van der Waals surface area contributed by atoms with Crippen LogP contribution in [0.2, 0.25) is 0 Å². The van der Waals surface area contributed by atoms with E-state index in [2.05, 4.69) is 36.4 Å². The largest absolute Gasteiger partial charge is 0.372 e. The monoisotopic (exact) mass is 310 g/mol. The Hall–Kier alpha value is 0.690. The molecule has 14 heavy (non-hydrogen) atoms. The Morgan fingerprint density at radius 3 is 2.07 bits per heavy atom. The van der Waals surface area contributed by atoms with Crippen molar-refractivity contribution in [3.05, 3.63) is 0 Å². The van der Waals surface area contributed by atoms with E-state index in [-0.39, 0.29) is 5.60 Å². The van der Waals surface area contributed by atoms with E-state index in [1.807, 2.05) is 0 Å². The number of rotatable bonds is 3. The zero-order chi connectivity index (χ0) is 10.4. The highest BCUT2D eigenvalue weighted by molar-refractivity contribution is 14.1. The van der Waals surface area contributed by atoms with Gasteiger partial charge >= 0.3 is 0 Å². The van der Waals surface area contributed by atoms with E-state index in [1.165, 1.54) is 44.9 Å². The molecule has 0 atom stereocenters. The maximum atomic E-state index is 6.16. The van der Waals surface area contributed by atoms with Crippen LogP contribution in [-0.4, -0.2) is 16.1 Å². The van der Waals surface area contributed by atoms with Crippen LogP contribution in [0.1, 0.15) is 58.8 Å². The topological polar surface area (TPSA) is 9.23 Å². The van der Waals surface area contributed by atoms with Crippen LogP contribution in [0.25, 0.3) is 0 Å². The van der Waals surface area contributed by atoms with Crippen LogP contribution in [0, 0.1) is 0 Å². The predicted octanol–water partition coefficient (Wildman–Crippen LogP) is 4.33. The van der Waals surface area contributed by atoms with Gasteiger partial charge in [0.2, 0.25) is 0 Å². The molecule has 1 nitrogen and oxygen atoms in total. The highest BCUT2D eigenvalue weighted by Gasteiger charge is 2.22. The summed E-state index contributed by atoms with van der Waals surface area (Å²) in [6, 6.07) is 0. The molecule has 0 aromatic rings. The molecular weight excluding hydrogens is 287 g/mol. The number of ether oxygens (including phenoxy) is 1. The molecule has 0 spiro atoms. The third kappa shape index (κ3) is 4.96. The summed E-state index contributed by atoms with van der Waals surface area (Å²) in [5, 5.41) is 0. The third-order valence-corrected chi connectivity index (χ3v) is 4.70. The second-order valence-electron chi connectivity index (χ2n) is 4.98. The first-order chi connectivity index (χ1) is 6.64. The minimum Gasteiger partial charge on any atom is -0.372 e. The molecule has 0 heterocycles. The average Bonchev–Trinajstić information content (AvgIpc) is 2.10. The summed E-state index contributed by atoms with van der Waals surface area (Å²) in [4.78, 5) is 0. The molecule has 1 saturated carbocycles. The standard InChI is InChI=1S/C12H23IO/c1-12(2,10-13)14-11-8-6-4-3-5-7-9-11/h11H,3-10H2,1-2H3. The maximum absolute atomic E-state index is 6.16. The number of halogens is 1. The highest BCUT2D eigenvalue weighted by Crippen LogP contribution is 2.24. The van der Waals surface area contributed by atoms with Crippen LogP contribution in [0.5, 0.6) is 0 Å². The molecular formula is C12H23IO. The Morgan fingerprint density at radius 2 is 1.57 bits per heavy atom. The first-order valence-electron chi connectivity index (χ1n) is 5.88. The van der Waals surface area contributed by atoms with Crippen molar-refractivity contribution >= 4 is 22.6 Å². The molecule has 0 unspecified atom stereocenters. The predicted molar refractivity (Wildman–Crippen MR) is 70.2 cm³/mol. The first kappa shape index (κ1) is 12.8. The Morgan fingerprint density at radius 1 is 1.07 bits per heavy atom. The highest BCUT2D eigenvalue weighted by atomic mass is 127. The molecule has 0 N–H and O–H groups in total. The third-order valence-electron chi connectivity index (χ3n) is 2.86. The van der Waals surface area contributed by atoms with Gasteiger partial charge < -0.3 is 4.74 Å². The smallest absolute Gasteiger partial charge is 0.0719 e. The molecule has 84 valence electrons. The summed E-state index contributed by atoms with van der Waals surface area (Å²) >= 11 is 2.42.